The van der Waals surface area contributed by atoms with Gasteiger partial charge in [0.2, 0.25) is 0 Å². The summed E-state index contributed by atoms with van der Waals surface area (Å²) in [6.45, 7) is 5.91. The number of amides is 1. The van der Waals surface area contributed by atoms with E-state index in [-0.39, 0.29) is 19.2 Å². The summed E-state index contributed by atoms with van der Waals surface area (Å²) in [6, 6.07) is -0.209. The highest BCUT2D eigenvalue weighted by Crippen LogP contribution is 2.21. The Morgan fingerprint density at radius 1 is 1.47 bits per heavy atom. The van der Waals surface area contributed by atoms with Gasteiger partial charge in [-0.2, -0.15) is 0 Å². The maximum Gasteiger partial charge on any atom is 0.410 e. The smallest absolute Gasteiger partial charge is 0.410 e. The van der Waals surface area contributed by atoms with Crippen molar-refractivity contribution in [1.82, 2.24) is 4.90 Å². The summed E-state index contributed by atoms with van der Waals surface area (Å²) in [5, 5.41) is 9.57. The molecule has 1 heterocycles. The fourth-order valence-corrected chi connectivity index (χ4v) is 1.74. The van der Waals surface area contributed by atoms with Gasteiger partial charge in [0.1, 0.15) is 12.2 Å². The van der Waals surface area contributed by atoms with Gasteiger partial charge in [-0.25, -0.2) is 14.6 Å². The van der Waals surface area contributed by atoms with Gasteiger partial charge < -0.3 is 14.7 Å². The van der Waals surface area contributed by atoms with E-state index in [4.69, 9.17) is 9.62 Å². The number of rotatable bonds is 3. The Morgan fingerprint density at radius 2 is 2.12 bits per heavy atom. The first-order valence-electron chi connectivity index (χ1n) is 5.67. The van der Waals surface area contributed by atoms with E-state index in [1.165, 1.54) is 12.0 Å². The summed E-state index contributed by atoms with van der Waals surface area (Å²) < 4.78 is 5.26. The van der Waals surface area contributed by atoms with Gasteiger partial charge in [-0.3, -0.25) is 0 Å². The quantitative estimate of drug-likeness (QED) is 0.593. The number of hydrogen-bond acceptors (Lipinski definition) is 5. The molecule has 1 rings (SSSR count). The molecule has 0 spiro atoms. The first-order chi connectivity index (χ1) is 7.83. The van der Waals surface area contributed by atoms with Crippen LogP contribution in [0, 0.1) is 0 Å². The SMILES string of the molecule is COOC[C@@H]1CC(O)CN1C(=O)OC(C)(C)C. The van der Waals surface area contributed by atoms with E-state index in [0.717, 1.165) is 0 Å². The van der Waals surface area contributed by atoms with Gasteiger partial charge in [0.05, 0.1) is 25.8 Å². The lowest BCUT2D eigenvalue weighted by Crippen LogP contribution is -2.42. The molecule has 17 heavy (non-hydrogen) atoms. The summed E-state index contributed by atoms with van der Waals surface area (Å²) in [7, 11) is 1.41. The van der Waals surface area contributed by atoms with Crippen molar-refractivity contribution < 1.29 is 24.4 Å². The molecule has 6 heteroatoms. The largest absolute Gasteiger partial charge is 0.444 e. The summed E-state index contributed by atoms with van der Waals surface area (Å²) >= 11 is 0. The van der Waals surface area contributed by atoms with Crippen LogP contribution in [0.5, 0.6) is 0 Å². The number of ether oxygens (including phenoxy) is 1. The zero-order valence-electron chi connectivity index (χ0n) is 10.8. The number of nitrogens with zero attached hydrogens (tertiary/aromatic N) is 1. The third-order valence-corrected chi connectivity index (χ3v) is 2.40. The zero-order chi connectivity index (χ0) is 13.1. The van der Waals surface area contributed by atoms with Crippen LogP contribution >= 0.6 is 0 Å². The van der Waals surface area contributed by atoms with E-state index in [0.29, 0.717) is 6.42 Å². The van der Waals surface area contributed by atoms with Crippen molar-refractivity contribution in [2.24, 2.45) is 0 Å². The number of β-amino-alcohol motifs (C(OH)–C–C–N with tert-alkyl or cyclic N) is 1. The van der Waals surface area contributed by atoms with Gasteiger partial charge in [-0.15, -0.1) is 0 Å². The molecule has 0 aromatic rings. The van der Waals surface area contributed by atoms with Gasteiger partial charge in [0.15, 0.2) is 0 Å². The van der Waals surface area contributed by atoms with Crippen molar-refractivity contribution in [3.05, 3.63) is 0 Å². The summed E-state index contributed by atoms with van der Waals surface area (Å²) in [5.74, 6) is 0. The molecule has 6 nitrogen and oxygen atoms in total. The minimum absolute atomic E-state index is 0.209. The second-order valence-electron chi connectivity index (χ2n) is 5.13. The minimum atomic E-state index is -0.544. The molecule has 1 N–H and O–H groups in total. The average Bonchev–Trinajstić information content (AvgIpc) is 2.54. The first kappa shape index (κ1) is 14.2. The van der Waals surface area contributed by atoms with Crippen LogP contribution in [0.15, 0.2) is 0 Å². The van der Waals surface area contributed by atoms with Crippen LogP contribution in [0.1, 0.15) is 27.2 Å². The molecule has 0 aliphatic carbocycles. The summed E-state index contributed by atoms with van der Waals surface area (Å²) in [5.41, 5.74) is -0.544. The molecule has 1 fully saturated rings. The molecule has 100 valence electrons. The Hall–Kier alpha value is -0.850. The number of aliphatic hydroxyl groups excluding tert-OH is 1. The van der Waals surface area contributed by atoms with Gasteiger partial charge in [-0.05, 0) is 27.2 Å². The minimum Gasteiger partial charge on any atom is -0.444 e. The molecule has 2 atom stereocenters. The van der Waals surface area contributed by atoms with Crippen molar-refractivity contribution in [3.63, 3.8) is 0 Å². The fourth-order valence-electron chi connectivity index (χ4n) is 1.74. The van der Waals surface area contributed by atoms with E-state index < -0.39 is 17.8 Å². The maximum atomic E-state index is 11.9. The molecule has 0 aromatic carbocycles. The topological polar surface area (TPSA) is 68.2 Å². The Morgan fingerprint density at radius 3 is 2.65 bits per heavy atom. The number of aliphatic hydroxyl groups is 1. The molecule has 1 amide bonds. The Balaban J connectivity index is 2.57. The Kier molecular flexibility index (Phi) is 4.73. The molecule has 0 saturated carbocycles. The highest BCUT2D eigenvalue weighted by Gasteiger charge is 2.37. The van der Waals surface area contributed by atoms with Crippen LogP contribution in [-0.4, -0.2) is 54.1 Å². The van der Waals surface area contributed by atoms with Crippen molar-refractivity contribution in [2.75, 3.05) is 20.3 Å². The summed E-state index contributed by atoms with van der Waals surface area (Å²) in [6.07, 6.45) is -0.491. The highest BCUT2D eigenvalue weighted by atomic mass is 17.2. The molecule has 1 aliphatic heterocycles. The number of carbonyl (C=O) groups excluding carboxylic acids is 1. The van der Waals surface area contributed by atoms with Gasteiger partial charge in [-0.1, -0.05) is 0 Å². The van der Waals surface area contributed by atoms with Crippen molar-refractivity contribution in [3.8, 4) is 0 Å². The molecular weight excluding hydrogens is 226 g/mol. The lowest BCUT2D eigenvalue weighted by molar-refractivity contribution is -0.278. The molecule has 1 aliphatic rings. The summed E-state index contributed by atoms with van der Waals surface area (Å²) in [4.78, 5) is 22.7. The van der Waals surface area contributed by atoms with E-state index in [1.54, 1.807) is 20.8 Å². The fraction of sp³-hybridized carbons (Fsp3) is 0.909. The predicted octanol–water partition coefficient (Wildman–Crippen LogP) is 0.935. The average molecular weight is 247 g/mol. The highest BCUT2D eigenvalue weighted by molar-refractivity contribution is 5.69. The van der Waals surface area contributed by atoms with Crippen LogP contribution in [0.3, 0.4) is 0 Å². The Bertz CT molecular complexity index is 263. The van der Waals surface area contributed by atoms with Gasteiger partial charge >= 0.3 is 6.09 Å². The van der Waals surface area contributed by atoms with Crippen molar-refractivity contribution >= 4 is 6.09 Å². The van der Waals surface area contributed by atoms with Crippen molar-refractivity contribution in [1.29, 1.82) is 0 Å². The van der Waals surface area contributed by atoms with E-state index in [9.17, 15) is 9.90 Å². The standard InChI is InChI=1S/C11H21NO5/c1-11(2,3)17-10(14)12-6-9(13)5-8(12)7-16-15-4/h8-9,13H,5-7H2,1-4H3/t8-,9?/m0/s1. The third-order valence-electron chi connectivity index (χ3n) is 2.40. The molecule has 0 aromatic heterocycles. The van der Waals surface area contributed by atoms with Crippen molar-refractivity contribution in [2.45, 2.75) is 44.9 Å². The number of hydrogen-bond donors (Lipinski definition) is 1. The molecule has 0 bridgehead atoms. The van der Waals surface area contributed by atoms with E-state index in [1.807, 2.05) is 0 Å². The lowest BCUT2D eigenvalue weighted by Gasteiger charge is -2.27. The molecule has 0 radical (unpaired) electrons. The normalized spacial score (nSPS) is 25.1. The second-order valence-corrected chi connectivity index (χ2v) is 5.13. The van der Waals surface area contributed by atoms with Gasteiger partial charge in [0, 0.05) is 0 Å². The third kappa shape index (κ3) is 4.49. The van der Waals surface area contributed by atoms with Crippen LogP contribution < -0.4 is 0 Å². The van der Waals surface area contributed by atoms with Crippen LogP contribution in [-0.2, 0) is 14.5 Å². The molecule has 1 saturated heterocycles. The number of carbonyl (C=O) groups is 1. The number of likely N-dealkylation sites (tertiary alicyclic amines) is 1. The maximum absolute atomic E-state index is 11.9. The monoisotopic (exact) mass is 247 g/mol. The lowest BCUT2D eigenvalue weighted by atomic mass is 10.2. The molecular formula is C11H21NO5. The van der Waals surface area contributed by atoms with E-state index >= 15 is 0 Å². The Labute approximate surface area is 101 Å². The second kappa shape index (κ2) is 5.66. The van der Waals surface area contributed by atoms with Crippen LogP contribution in [0.25, 0.3) is 0 Å². The van der Waals surface area contributed by atoms with E-state index in [2.05, 4.69) is 4.89 Å². The first-order valence-corrected chi connectivity index (χ1v) is 5.67. The molecule has 1 unspecified atom stereocenters. The zero-order valence-corrected chi connectivity index (χ0v) is 10.8. The van der Waals surface area contributed by atoms with Crippen LogP contribution in [0.2, 0.25) is 0 Å². The van der Waals surface area contributed by atoms with Gasteiger partial charge in [0.25, 0.3) is 0 Å². The predicted molar refractivity (Wildman–Crippen MR) is 60.3 cm³/mol. The van der Waals surface area contributed by atoms with Crippen LogP contribution in [0.4, 0.5) is 4.79 Å².